The molecule has 26 heavy (non-hydrogen) atoms. The van der Waals surface area contributed by atoms with E-state index in [2.05, 4.69) is 13.8 Å². The number of anilines is 1. The molecule has 3 rings (SSSR count). The van der Waals surface area contributed by atoms with Gasteiger partial charge < -0.3 is 0 Å². The summed E-state index contributed by atoms with van der Waals surface area (Å²) in [6.45, 7) is 4.26. The molecule has 1 heterocycles. The topological polar surface area (TPSA) is 63.4 Å². The Hall–Kier alpha value is -2.51. The Bertz CT molecular complexity index is 903. The lowest BCUT2D eigenvalue weighted by Crippen LogP contribution is -2.27. The van der Waals surface area contributed by atoms with E-state index in [4.69, 9.17) is 12.2 Å². The second-order valence-corrected chi connectivity index (χ2v) is 7.79. The third-order valence-electron chi connectivity index (χ3n) is 4.01. The normalized spacial score (nSPS) is 16.0. The molecule has 2 aromatic carbocycles. The smallest absolute Gasteiger partial charge is 0.268 e. The van der Waals surface area contributed by atoms with E-state index in [0.717, 1.165) is 5.56 Å². The van der Waals surface area contributed by atoms with E-state index in [1.54, 1.807) is 0 Å². The summed E-state index contributed by atoms with van der Waals surface area (Å²) in [6.07, 6.45) is 1.81. The van der Waals surface area contributed by atoms with Crippen molar-refractivity contribution in [2.24, 2.45) is 0 Å². The SMILES string of the molecule is CC(C)c1ccc(/C=C2\SC(=S)N(c3ccc([N+](=O)[O-])cc3)C2=O)cc1. The van der Waals surface area contributed by atoms with Gasteiger partial charge in [-0.05, 0) is 35.3 Å². The number of benzene rings is 2. The first-order chi connectivity index (χ1) is 12.4. The molecule has 1 fully saturated rings. The van der Waals surface area contributed by atoms with Crippen molar-refractivity contribution in [2.75, 3.05) is 4.90 Å². The van der Waals surface area contributed by atoms with Gasteiger partial charge in [0.25, 0.3) is 11.6 Å². The van der Waals surface area contributed by atoms with Crippen molar-refractivity contribution in [3.8, 4) is 0 Å². The van der Waals surface area contributed by atoms with Crippen LogP contribution in [0.4, 0.5) is 11.4 Å². The van der Waals surface area contributed by atoms with Gasteiger partial charge in [0.05, 0.1) is 15.5 Å². The quantitative estimate of drug-likeness (QED) is 0.317. The number of amides is 1. The van der Waals surface area contributed by atoms with E-state index in [1.165, 1.54) is 46.5 Å². The fourth-order valence-electron chi connectivity index (χ4n) is 2.54. The Morgan fingerprint density at radius 2 is 1.73 bits per heavy atom. The lowest BCUT2D eigenvalue weighted by Gasteiger charge is -2.13. The Kier molecular flexibility index (Phi) is 5.20. The van der Waals surface area contributed by atoms with Crippen LogP contribution in [0.5, 0.6) is 0 Å². The number of non-ortho nitro benzene ring substituents is 1. The van der Waals surface area contributed by atoms with Gasteiger partial charge in [-0.2, -0.15) is 0 Å². The molecule has 0 aliphatic carbocycles. The molecule has 0 unspecified atom stereocenters. The maximum atomic E-state index is 12.7. The molecule has 0 bridgehead atoms. The van der Waals surface area contributed by atoms with Gasteiger partial charge >= 0.3 is 0 Å². The average Bonchev–Trinajstić information content (AvgIpc) is 2.89. The van der Waals surface area contributed by atoms with Gasteiger partial charge in [0.1, 0.15) is 0 Å². The second-order valence-electron chi connectivity index (χ2n) is 6.11. The van der Waals surface area contributed by atoms with E-state index in [1.807, 2.05) is 30.3 Å². The molecule has 0 saturated carbocycles. The maximum Gasteiger partial charge on any atom is 0.270 e. The number of carbonyl (C=O) groups excluding carboxylic acids is 1. The Balaban J connectivity index is 1.85. The summed E-state index contributed by atoms with van der Waals surface area (Å²) in [5, 5.41) is 10.8. The van der Waals surface area contributed by atoms with E-state index >= 15 is 0 Å². The van der Waals surface area contributed by atoms with E-state index < -0.39 is 4.92 Å². The van der Waals surface area contributed by atoms with Gasteiger partial charge in [0.15, 0.2) is 4.32 Å². The van der Waals surface area contributed by atoms with Crippen LogP contribution in [0.25, 0.3) is 6.08 Å². The molecule has 7 heteroatoms. The Morgan fingerprint density at radius 1 is 1.12 bits per heavy atom. The summed E-state index contributed by atoms with van der Waals surface area (Å²) in [5.74, 6) is 0.228. The summed E-state index contributed by atoms with van der Waals surface area (Å²) in [5.41, 5.74) is 2.66. The fourth-order valence-corrected chi connectivity index (χ4v) is 3.84. The molecule has 0 radical (unpaired) electrons. The summed E-state index contributed by atoms with van der Waals surface area (Å²) < 4.78 is 0.411. The molecule has 1 aliphatic rings. The zero-order valence-corrected chi connectivity index (χ0v) is 15.8. The number of thioether (sulfide) groups is 1. The van der Waals surface area contributed by atoms with Crippen LogP contribution >= 0.6 is 24.0 Å². The summed E-state index contributed by atoms with van der Waals surface area (Å²) >= 11 is 6.55. The third-order valence-corrected chi connectivity index (χ3v) is 5.32. The van der Waals surface area contributed by atoms with Crippen LogP contribution in [0.15, 0.2) is 53.4 Å². The fraction of sp³-hybridized carbons (Fsp3) is 0.158. The van der Waals surface area contributed by atoms with E-state index in [9.17, 15) is 14.9 Å². The number of nitro benzene ring substituents is 1. The predicted octanol–water partition coefficient (Wildman–Crippen LogP) is 5.12. The lowest BCUT2D eigenvalue weighted by molar-refractivity contribution is -0.384. The minimum absolute atomic E-state index is 0.0278. The van der Waals surface area contributed by atoms with Crippen molar-refractivity contribution >= 4 is 51.7 Å². The highest BCUT2D eigenvalue weighted by Crippen LogP contribution is 2.36. The third kappa shape index (κ3) is 3.68. The van der Waals surface area contributed by atoms with Crippen LogP contribution < -0.4 is 4.90 Å². The summed E-state index contributed by atoms with van der Waals surface area (Å²) in [6, 6.07) is 13.8. The predicted molar refractivity (Wildman–Crippen MR) is 109 cm³/mol. The number of carbonyl (C=O) groups is 1. The van der Waals surface area contributed by atoms with Gasteiger partial charge in [-0.15, -0.1) is 0 Å². The standard InChI is InChI=1S/C19H16N2O3S2/c1-12(2)14-5-3-13(4-6-14)11-17-18(22)20(19(25)26-17)15-7-9-16(10-8-15)21(23)24/h3-12H,1-2H3/b17-11-. The monoisotopic (exact) mass is 384 g/mol. The highest BCUT2D eigenvalue weighted by Gasteiger charge is 2.33. The molecule has 5 nitrogen and oxygen atoms in total. The van der Waals surface area contributed by atoms with Crippen molar-refractivity contribution in [1.82, 2.24) is 0 Å². The molecule has 1 aliphatic heterocycles. The highest BCUT2D eigenvalue weighted by molar-refractivity contribution is 8.27. The van der Waals surface area contributed by atoms with Gasteiger partial charge in [-0.1, -0.05) is 62.1 Å². The molecular formula is C19H16N2O3S2. The van der Waals surface area contributed by atoms with Crippen LogP contribution in [-0.2, 0) is 4.79 Å². The zero-order chi connectivity index (χ0) is 18.8. The van der Waals surface area contributed by atoms with Crippen LogP contribution in [0, 0.1) is 10.1 Å². The van der Waals surface area contributed by atoms with Crippen molar-refractivity contribution in [2.45, 2.75) is 19.8 Å². The van der Waals surface area contributed by atoms with Crippen LogP contribution in [0.3, 0.4) is 0 Å². The first-order valence-corrected chi connectivity index (χ1v) is 9.21. The number of thiocarbonyl (C=S) groups is 1. The molecule has 0 atom stereocenters. The molecule has 0 spiro atoms. The van der Waals surface area contributed by atoms with Gasteiger partial charge in [-0.25, -0.2) is 0 Å². The molecule has 132 valence electrons. The van der Waals surface area contributed by atoms with E-state index in [-0.39, 0.29) is 11.6 Å². The second kappa shape index (κ2) is 7.39. The number of nitro groups is 1. The molecule has 0 aromatic heterocycles. The Labute approximate surface area is 160 Å². The van der Waals surface area contributed by atoms with Crippen molar-refractivity contribution in [3.05, 3.63) is 74.7 Å². The summed E-state index contributed by atoms with van der Waals surface area (Å²) in [4.78, 5) is 25.0. The number of nitrogens with zero attached hydrogens (tertiary/aromatic N) is 2. The molecule has 1 saturated heterocycles. The van der Waals surface area contributed by atoms with Crippen molar-refractivity contribution in [1.29, 1.82) is 0 Å². The van der Waals surface area contributed by atoms with Crippen LogP contribution in [-0.4, -0.2) is 15.2 Å². The molecule has 2 aromatic rings. The minimum atomic E-state index is -0.477. The van der Waals surface area contributed by atoms with Gasteiger partial charge in [0.2, 0.25) is 0 Å². The number of hydrogen-bond acceptors (Lipinski definition) is 5. The van der Waals surface area contributed by atoms with E-state index in [0.29, 0.717) is 20.8 Å². The Morgan fingerprint density at radius 3 is 2.27 bits per heavy atom. The largest absolute Gasteiger partial charge is 0.270 e. The minimum Gasteiger partial charge on any atom is -0.268 e. The van der Waals surface area contributed by atoms with Crippen LogP contribution in [0.2, 0.25) is 0 Å². The molecule has 0 N–H and O–H groups in total. The first-order valence-electron chi connectivity index (χ1n) is 7.99. The number of hydrogen-bond donors (Lipinski definition) is 0. The maximum absolute atomic E-state index is 12.7. The van der Waals surface area contributed by atoms with Crippen molar-refractivity contribution in [3.63, 3.8) is 0 Å². The lowest BCUT2D eigenvalue weighted by atomic mass is 10.0. The molecular weight excluding hydrogens is 368 g/mol. The van der Waals surface area contributed by atoms with Gasteiger partial charge in [0, 0.05) is 12.1 Å². The number of rotatable bonds is 4. The van der Waals surface area contributed by atoms with Gasteiger partial charge in [-0.3, -0.25) is 19.8 Å². The molecule has 1 amide bonds. The first kappa shape index (κ1) is 18.3. The highest BCUT2D eigenvalue weighted by atomic mass is 32.2. The average molecular weight is 384 g/mol. The van der Waals surface area contributed by atoms with Crippen LogP contribution in [0.1, 0.15) is 30.9 Å². The zero-order valence-electron chi connectivity index (χ0n) is 14.2. The van der Waals surface area contributed by atoms with Crippen molar-refractivity contribution < 1.29 is 9.72 Å². The summed E-state index contributed by atoms with van der Waals surface area (Å²) in [7, 11) is 0.